The minimum Gasteiger partial charge on any atom is -0.356 e. The summed E-state index contributed by atoms with van der Waals surface area (Å²) in [6, 6.07) is 11.7. The van der Waals surface area contributed by atoms with Crippen molar-refractivity contribution in [3.8, 4) is 11.1 Å². The number of aromatic amines is 1. The number of halogens is 2. The largest absolute Gasteiger partial charge is 0.356 e. The second-order valence-electron chi connectivity index (χ2n) is 9.81. The van der Waals surface area contributed by atoms with Gasteiger partial charge < -0.3 is 10.2 Å². The van der Waals surface area contributed by atoms with Crippen LogP contribution in [0.4, 0.5) is 20.3 Å². The molecule has 2 fully saturated rings. The van der Waals surface area contributed by atoms with Gasteiger partial charge in [0.1, 0.15) is 5.82 Å². The molecule has 4 heterocycles. The van der Waals surface area contributed by atoms with Gasteiger partial charge in [-0.2, -0.15) is 5.10 Å². The van der Waals surface area contributed by atoms with Crippen LogP contribution in [0, 0.1) is 11.6 Å². The fraction of sp³-hybridized carbons (Fsp3) is 0.321. The van der Waals surface area contributed by atoms with Crippen LogP contribution in [0.25, 0.3) is 22.0 Å². The van der Waals surface area contributed by atoms with E-state index in [4.69, 9.17) is 0 Å². The fourth-order valence-corrected chi connectivity index (χ4v) is 5.08. The molecular formula is C28H28F2N6O. The number of hydrogen-bond acceptors (Lipinski definition) is 5. The van der Waals surface area contributed by atoms with Gasteiger partial charge in [-0.25, -0.2) is 13.8 Å². The molecule has 6 rings (SSSR count). The van der Waals surface area contributed by atoms with E-state index in [9.17, 15) is 13.6 Å². The fourth-order valence-electron chi connectivity index (χ4n) is 5.08. The number of fused-ring (bicyclic) bond motifs is 1. The summed E-state index contributed by atoms with van der Waals surface area (Å²) in [5.74, 6) is -1.34. The molecule has 0 unspecified atom stereocenters. The summed E-state index contributed by atoms with van der Waals surface area (Å²) in [6.07, 6.45) is 6.25. The average Bonchev–Trinajstić information content (AvgIpc) is 3.29. The molecule has 2 saturated heterocycles. The number of amides is 1. The van der Waals surface area contributed by atoms with Crippen molar-refractivity contribution in [1.29, 1.82) is 0 Å². The Hall–Kier alpha value is -3.85. The van der Waals surface area contributed by atoms with E-state index in [2.05, 4.69) is 30.3 Å². The lowest BCUT2D eigenvalue weighted by Crippen LogP contribution is -2.37. The molecule has 0 saturated carbocycles. The van der Waals surface area contributed by atoms with Gasteiger partial charge in [0, 0.05) is 48.5 Å². The van der Waals surface area contributed by atoms with Crippen LogP contribution in [0.15, 0.2) is 48.7 Å². The number of rotatable bonds is 6. The molecule has 2 aromatic heterocycles. The number of piperidine rings is 1. The zero-order valence-corrected chi connectivity index (χ0v) is 20.4. The zero-order valence-electron chi connectivity index (χ0n) is 20.4. The first kappa shape index (κ1) is 23.5. The van der Waals surface area contributed by atoms with Crippen LogP contribution >= 0.6 is 0 Å². The van der Waals surface area contributed by atoms with Crippen LogP contribution in [0.5, 0.6) is 0 Å². The molecule has 0 spiro atoms. The first-order valence-corrected chi connectivity index (χ1v) is 12.8. The maximum Gasteiger partial charge on any atom is 0.276 e. The monoisotopic (exact) mass is 502 g/mol. The number of hydrogen-bond donors (Lipinski definition) is 2. The standard InChI is InChI=1S/C28H28F2N6O/c29-23-14-18(17-35-9-2-1-3-10-35)13-21(26(23)30)19-5-6-24-22(15-19)27(34-33-24)28(37)32-20-7-8-31-25(16-20)36-11-4-12-36/h5-8,13-16H,1-4,9-12,17H2,(H,33,34)(H,31,32,37). The predicted octanol–water partition coefficient (Wildman–Crippen LogP) is 5.35. The van der Waals surface area contributed by atoms with Crippen molar-refractivity contribution in [3.05, 3.63) is 71.6 Å². The molecule has 37 heavy (non-hydrogen) atoms. The summed E-state index contributed by atoms with van der Waals surface area (Å²) in [4.78, 5) is 21.9. The Bertz CT molecular complexity index is 1460. The molecule has 2 aliphatic heterocycles. The summed E-state index contributed by atoms with van der Waals surface area (Å²) >= 11 is 0. The van der Waals surface area contributed by atoms with Crippen LogP contribution < -0.4 is 10.2 Å². The molecule has 2 N–H and O–H groups in total. The molecule has 4 aromatic rings. The van der Waals surface area contributed by atoms with Gasteiger partial charge >= 0.3 is 0 Å². The van der Waals surface area contributed by atoms with Crippen LogP contribution in [0.3, 0.4) is 0 Å². The number of likely N-dealkylation sites (tertiary alicyclic amines) is 1. The van der Waals surface area contributed by atoms with Crippen LogP contribution in [0.2, 0.25) is 0 Å². The third-order valence-electron chi connectivity index (χ3n) is 7.22. The first-order chi connectivity index (χ1) is 18.0. The Balaban J connectivity index is 1.29. The Morgan fingerprint density at radius 3 is 2.59 bits per heavy atom. The number of pyridine rings is 1. The van der Waals surface area contributed by atoms with E-state index in [1.807, 2.05) is 6.07 Å². The number of anilines is 2. The van der Waals surface area contributed by atoms with E-state index in [0.29, 0.717) is 28.7 Å². The number of nitrogens with one attached hydrogen (secondary N) is 2. The summed E-state index contributed by atoms with van der Waals surface area (Å²) in [7, 11) is 0. The smallest absolute Gasteiger partial charge is 0.276 e. The van der Waals surface area contributed by atoms with Crippen molar-refractivity contribution < 1.29 is 13.6 Å². The highest BCUT2D eigenvalue weighted by Crippen LogP contribution is 2.31. The molecule has 0 atom stereocenters. The lowest BCUT2D eigenvalue weighted by atomic mass is 9.99. The molecule has 0 radical (unpaired) electrons. The van der Waals surface area contributed by atoms with Gasteiger partial charge in [0.15, 0.2) is 17.3 Å². The van der Waals surface area contributed by atoms with Crippen LogP contribution in [0.1, 0.15) is 41.7 Å². The molecule has 2 aromatic carbocycles. The van der Waals surface area contributed by atoms with E-state index in [1.54, 1.807) is 36.5 Å². The maximum atomic E-state index is 15.0. The molecular weight excluding hydrogens is 474 g/mol. The third kappa shape index (κ3) is 4.79. The second kappa shape index (κ2) is 9.89. The first-order valence-electron chi connectivity index (χ1n) is 12.8. The highest BCUT2D eigenvalue weighted by Gasteiger charge is 2.20. The van der Waals surface area contributed by atoms with Gasteiger partial charge in [0.25, 0.3) is 5.91 Å². The molecule has 1 amide bonds. The summed E-state index contributed by atoms with van der Waals surface area (Å²) < 4.78 is 29.6. The van der Waals surface area contributed by atoms with Crippen molar-refractivity contribution in [2.24, 2.45) is 0 Å². The molecule has 0 bridgehead atoms. The van der Waals surface area contributed by atoms with E-state index in [1.165, 1.54) is 12.5 Å². The lowest BCUT2D eigenvalue weighted by molar-refractivity contribution is 0.102. The molecule has 190 valence electrons. The van der Waals surface area contributed by atoms with Crippen LogP contribution in [-0.2, 0) is 6.54 Å². The van der Waals surface area contributed by atoms with Crippen molar-refractivity contribution >= 4 is 28.3 Å². The number of aromatic nitrogens is 3. The minimum absolute atomic E-state index is 0.176. The Kier molecular flexibility index (Phi) is 6.30. The van der Waals surface area contributed by atoms with Gasteiger partial charge in [0.2, 0.25) is 0 Å². The zero-order chi connectivity index (χ0) is 25.4. The van der Waals surface area contributed by atoms with Gasteiger partial charge in [-0.15, -0.1) is 0 Å². The second-order valence-corrected chi connectivity index (χ2v) is 9.81. The molecule has 0 aliphatic carbocycles. The number of benzene rings is 2. The van der Waals surface area contributed by atoms with Gasteiger partial charge in [0.05, 0.1) is 5.52 Å². The van der Waals surface area contributed by atoms with Crippen molar-refractivity contribution in [2.75, 3.05) is 36.4 Å². The maximum absolute atomic E-state index is 15.0. The third-order valence-corrected chi connectivity index (χ3v) is 7.22. The Morgan fingerprint density at radius 1 is 0.973 bits per heavy atom. The Labute approximate surface area is 213 Å². The molecule has 9 heteroatoms. The summed E-state index contributed by atoms with van der Waals surface area (Å²) in [6.45, 7) is 4.41. The number of H-pyrrole nitrogens is 1. The van der Waals surface area contributed by atoms with Gasteiger partial charge in [-0.1, -0.05) is 12.5 Å². The Morgan fingerprint density at radius 2 is 1.81 bits per heavy atom. The summed E-state index contributed by atoms with van der Waals surface area (Å²) in [5, 5.41) is 10.5. The SMILES string of the molecule is O=C(Nc1ccnc(N2CCC2)c1)c1n[nH]c2ccc(-c3cc(CN4CCCCC4)cc(F)c3F)cc12. The van der Waals surface area contributed by atoms with Crippen LogP contribution in [-0.4, -0.2) is 52.2 Å². The minimum atomic E-state index is -0.897. The number of carbonyl (C=O) groups is 1. The lowest BCUT2D eigenvalue weighted by Gasteiger charge is -2.32. The quantitative estimate of drug-likeness (QED) is 0.372. The highest BCUT2D eigenvalue weighted by atomic mass is 19.2. The molecule has 7 nitrogen and oxygen atoms in total. The van der Waals surface area contributed by atoms with Gasteiger partial charge in [-0.3, -0.25) is 14.8 Å². The van der Waals surface area contributed by atoms with Gasteiger partial charge in [-0.05, 0) is 73.8 Å². The van der Waals surface area contributed by atoms with Crippen molar-refractivity contribution in [2.45, 2.75) is 32.2 Å². The van der Waals surface area contributed by atoms with E-state index < -0.39 is 17.5 Å². The number of carbonyl (C=O) groups excluding carboxylic acids is 1. The predicted molar refractivity (Wildman–Crippen MR) is 140 cm³/mol. The van der Waals surface area contributed by atoms with Crippen molar-refractivity contribution in [1.82, 2.24) is 20.1 Å². The average molecular weight is 503 g/mol. The normalized spacial score (nSPS) is 16.1. The topological polar surface area (TPSA) is 77.1 Å². The van der Waals surface area contributed by atoms with Crippen molar-refractivity contribution in [3.63, 3.8) is 0 Å². The summed E-state index contributed by atoms with van der Waals surface area (Å²) in [5.41, 5.74) is 2.84. The molecule has 2 aliphatic rings. The highest BCUT2D eigenvalue weighted by molar-refractivity contribution is 6.11. The van der Waals surface area contributed by atoms with E-state index in [-0.39, 0.29) is 11.3 Å². The van der Waals surface area contributed by atoms with E-state index in [0.717, 1.165) is 56.8 Å². The van der Waals surface area contributed by atoms with E-state index >= 15 is 0 Å². The number of nitrogens with zero attached hydrogens (tertiary/aromatic N) is 4.